The Morgan fingerprint density at radius 1 is 1.24 bits per heavy atom. The molecule has 2 amide bonds. The van der Waals surface area contributed by atoms with Crippen molar-refractivity contribution in [2.45, 2.75) is 44.4 Å². The summed E-state index contributed by atoms with van der Waals surface area (Å²) in [5.41, 5.74) is 1.98. The molecule has 0 aliphatic carbocycles. The first-order chi connectivity index (χ1) is 15.8. The number of carbonyl (C=O) groups excluding carboxylic acids is 2. The van der Waals surface area contributed by atoms with E-state index >= 15 is 0 Å². The number of rotatable bonds is 10. The van der Waals surface area contributed by atoms with Gasteiger partial charge in [0.1, 0.15) is 6.61 Å². The molecule has 178 valence electrons. The standard InChI is InChI=1S/C25H29BrINO5/c1-17(8-7-11-25(31-2,32-3)19-13-20(26)15-21(27)14-19)23(29)28-22(16-33-24(28)30)12-18-9-5-4-6-10-18/h4-6,9-10,13-15,17,22H,7-8,11-12,16H2,1-3H3/t17?,22-/m1/s1. The second kappa shape index (κ2) is 11.8. The topological polar surface area (TPSA) is 65.1 Å². The lowest BCUT2D eigenvalue weighted by Gasteiger charge is -2.32. The molecule has 0 radical (unpaired) electrons. The summed E-state index contributed by atoms with van der Waals surface area (Å²) in [6.45, 7) is 2.08. The molecule has 1 heterocycles. The molecule has 0 N–H and O–H groups in total. The number of nitrogens with zero attached hydrogens (tertiary/aromatic N) is 1. The van der Waals surface area contributed by atoms with Crippen LogP contribution >= 0.6 is 38.5 Å². The number of methoxy groups -OCH3 is 2. The third kappa shape index (κ3) is 6.35. The summed E-state index contributed by atoms with van der Waals surface area (Å²) >= 11 is 5.80. The molecule has 2 aromatic carbocycles. The predicted molar refractivity (Wildman–Crippen MR) is 138 cm³/mol. The summed E-state index contributed by atoms with van der Waals surface area (Å²) < 4.78 is 18.8. The van der Waals surface area contributed by atoms with Crippen molar-refractivity contribution in [3.05, 3.63) is 67.7 Å². The monoisotopic (exact) mass is 629 g/mol. The van der Waals surface area contributed by atoms with Gasteiger partial charge < -0.3 is 14.2 Å². The van der Waals surface area contributed by atoms with Crippen LogP contribution in [0.3, 0.4) is 0 Å². The van der Waals surface area contributed by atoms with Crippen LogP contribution in [0.2, 0.25) is 0 Å². The van der Waals surface area contributed by atoms with Crippen LogP contribution in [0.4, 0.5) is 4.79 Å². The Morgan fingerprint density at radius 2 is 1.94 bits per heavy atom. The highest BCUT2D eigenvalue weighted by Crippen LogP contribution is 2.35. The number of cyclic esters (lactones) is 1. The second-order valence-corrected chi connectivity index (χ2v) is 10.4. The van der Waals surface area contributed by atoms with Crippen molar-refractivity contribution in [1.29, 1.82) is 0 Å². The predicted octanol–water partition coefficient (Wildman–Crippen LogP) is 5.90. The molecule has 1 unspecified atom stereocenters. The first-order valence-electron chi connectivity index (χ1n) is 10.9. The van der Waals surface area contributed by atoms with Crippen LogP contribution in [0.15, 0.2) is 53.0 Å². The number of benzene rings is 2. The minimum Gasteiger partial charge on any atom is -0.447 e. The molecule has 1 aliphatic rings. The molecule has 1 fully saturated rings. The number of carbonyl (C=O) groups is 2. The zero-order valence-corrected chi connectivity index (χ0v) is 22.8. The van der Waals surface area contributed by atoms with Gasteiger partial charge in [0, 0.05) is 40.2 Å². The molecule has 0 bridgehead atoms. The first-order valence-corrected chi connectivity index (χ1v) is 12.8. The number of ether oxygens (including phenoxy) is 3. The van der Waals surface area contributed by atoms with Gasteiger partial charge in [0.2, 0.25) is 5.91 Å². The maximum absolute atomic E-state index is 13.2. The van der Waals surface area contributed by atoms with E-state index in [2.05, 4.69) is 38.5 Å². The van der Waals surface area contributed by atoms with E-state index in [4.69, 9.17) is 14.2 Å². The third-order valence-corrected chi connectivity index (χ3v) is 7.12. The zero-order valence-electron chi connectivity index (χ0n) is 19.1. The maximum Gasteiger partial charge on any atom is 0.416 e. The molecular weight excluding hydrogens is 601 g/mol. The van der Waals surface area contributed by atoms with E-state index in [1.807, 2.05) is 55.5 Å². The Morgan fingerprint density at radius 3 is 2.58 bits per heavy atom. The van der Waals surface area contributed by atoms with Gasteiger partial charge in [0.15, 0.2) is 5.79 Å². The van der Waals surface area contributed by atoms with Crippen LogP contribution in [0.5, 0.6) is 0 Å². The number of halogens is 2. The van der Waals surface area contributed by atoms with Crippen molar-refractivity contribution >= 4 is 50.5 Å². The molecular formula is C25H29BrINO5. The fraction of sp³-hybridized carbons (Fsp3) is 0.440. The first kappa shape index (κ1) is 26.1. The van der Waals surface area contributed by atoms with Gasteiger partial charge in [-0.1, -0.05) is 53.2 Å². The lowest BCUT2D eigenvalue weighted by molar-refractivity contribution is -0.221. The fourth-order valence-electron chi connectivity index (χ4n) is 4.21. The summed E-state index contributed by atoms with van der Waals surface area (Å²) in [5, 5.41) is 0. The summed E-state index contributed by atoms with van der Waals surface area (Å²) in [7, 11) is 3.25. The van der Waals surface area contributed by atoms with E-state index in [0.29, 0.717) is 25.7 Å². The molecule has 2 atom stereocenters. The van der Waals surface area contributed by atoms with E-state index in [1.165, 1.54) is 4.90 Å². The van der Waals surface area contributed by atoms with Gasteiger partial charge in [-0.2, -0.15) is 0 Å². The minimum absolute atomic E-state index is 0.198. The lowest BCUT2D eigenvalue weighted by atomic mass is 9.95. The van der Waals surface area contributed by atoms with Crippen LogP contribution in [-0.4, -0.2) is 43.8 Å². The molecule has 1 saturated heterocycles. The third-order valence-electron chi connectivity index (χ3n) is 6.04. The molecule has 6 nitrogen and oxygen atoms in total. The van der Waals surface area contributed by atoms with Crippen molar-refractivity contribution < 1.29 is 23.8 Å². The Balaban J connectivity index is 1.64. The van der Waals surface area contributed by atoms with Crippen molar-refractivity contribution in [3.63, 3.8) is 0 Å². The van der Waals surface area contributed by atoms with Gasteiger partial charge in [-0.15, -0.1) is 0 Å². The van der Waals surface area contributed by atoms with E-state index in [9.17, 15) is 9.59 Å². The van der Waals surface area contributed by atoms with Crippen LogP contribution in [-0.2, 0) is 31.2 Å². The Kier molecular flexibility index (Phi) is 9.32. The average molecular weight is 630 g/mol. The molecule has 0 spiro atoms. The molecule has 3 rings (SSSR count). The number of hydrogen-bond donors (Lipinski definition) is 0. The maximum atomic E-state index is 13.2. The summed E-state index contributed by atoms with van der Waals surface area (Å²) in [6, 6.07) is 15.6. The van der Waals surface area contributed by atoms with Crippen LogP contribution in [0.1, 0.15) is 37.3 Å². The molecule has 8 heteroatoms. The van der Waals surface area contributed by atoms with E-state index in [-0.39, 0.29) is 24.5 Å². The lowest BCUT2D eigenvalue weighted by Crippen LogP contribution is -2.43. The SMILES string of the molecule is COC(CCCC(C)C(=O)N1C(=O)OC[C@H]1Cc1ccccc1)(OC)c1cc(Br)cc(I)c1. The average Bonchev–Trinajstić information content (AvgIpc) is 3.16. The Labute approximate surface area is 217 Å². The van der Waals surface area contributed by atoms with Crippen LogP contribution in [0.25, 0.3) is 0 Å². The highest BCUT2D eigenvalue weighted by atomic mass is 127. The van der Waals surface area contributed by atoms with Crippen LogP contribution < -0.4 is 0 Å². The fourth-order valence-corrected chi connectivity index (χ4v) is 5.80. The van der Waals surface area contributed by atoms with Crippen molar-refractivity contribution in [2.75, 3.05) is 20.8 Å². The van der Waals surface area contributed by atoms with Gasteiger partial charge in [-0.3, -0.25) is 4.79 Å². The highest BCUT2D eigenvalue weighted by molar-refractivity contribution is 14.1. The van der Waals surface area contributed by atoms with Gasteiger partial charge >= 0.3 is 6.09 Å². The largest absolute Gasteiger partial charge is 0.447 e. The normalized spacial score (nSPS) is 17.2. The molecule has 2 aromatic rings. The van der Waals surface area contributed by atoms with Crippen molar-refractivity contribution in [3.8, 4) is 0 Å². The zero-order chi connectivity index (χ0) is 24.0. The van der Waals surface area contributed by atoms with E-state index in [1.54, 1.807) is 14.2 Å². The summed E-state index contributed by atoms with van der Waals surface area (Å²) in [6.07, 6.45) is 1.88. The highest BCUT2D eigenvalue weighted by Gasteiger charge is 2.40. The smallest absolute Gasteiger partial charge is 0.416 e. The molecule has 1 aliphatic heterocycles. The Hall–Kier alpha value is -1.49. The number of imide groups is 1. The molecule has 33 heavy (non-hydrogen) atoms. The van der Waals surface area contributed by atoms with Gasteiger partial charge in [-0.05, 0) is 65.6 Å². The summed E-state index contributed by atoms with van der Waals surface area (Å²) in [5.74, 6) is -1.44. The van der Waals surface area contributed by atoms with Gasteiger partial charge in [-0.25, -0.2) is 9.69 Å². The Bertz CT molecular complexity index is 946. The second-order valence-electron chi connectivity index (χ2n) is 8.24. The van der Waals surface area contributed by atoms with Crippen molar-refractivity contribution in [2.24, 2.45) is 5.92 Å². The van der Waals surface area contributed by atoms with E-state index in [0.717, 1.165) is 19.2 Å². The summed E-state index contributed by atoms with van der Waals surface area (Å²) in [4.78, 5) is 26.8. The number of hydrogen-bond acceptors (Lipinski definition) is 5. The quantitative estimate of drug-likeness (QED) is 0.242. The van der Waals surface area contributed by atoms with Crippen LogP contribution in [0, 0.1) is 9.49 Å². The van der Waals surface area contributed by atoms with Gasteiger partial charge in [0.25, 0.3) is 0 Å². The minimum atomic E-state index is -0.908. The molecule has 0 aromatic heterocycles. The van der Waals surface area contributed by atoms with E-state index < -0.39 is 11.9 Å². The van der Waals surface area contributed by atoms with Crippen molar-refractivity contribution in [1.82, 2.24) is 4.90 Å². The molecule has 0 saturated carbocycles. The number of amides is 2. The van der Waals surface area contributed by atoms with Gasteiger partial charge in [0.05, 0.1) is 6.04 Å².